The molecule has 0 aromatic carbocycles. The molecule has 0 bridgehead atoms. The second-order valence-corrected chi connectivity index (χ2v) is 4.84. The van der Waals surface area contributed by atoms with Crippen LogP contribution in [0.1, 0.15) is 31.9 Å². The Morgan fingerprint density at radius 1 is 1.44 bits per heavy atom. The normalized spacial score (nSPS) is 26.5. The van der Waals surface area contributed by atoms with Gasteiger partial charge in [0.05, 0.1) is 0 Å². The predicted octanol–water partition coefficient (Wildman–Crippen LogP) is 1.81. The van der Waals surface area contributed by atoms with Gasteiger partial charge in [0, 0.05) is 24.5 Å². The van der Waals surface area contributed by atoms with Crippen LogP contribution < -0.4 is 5.73 Å². The summed E-state index contributed by atoms with van der Waals surface area (Å²) in [6.45, 7) is 6.45. The summed E-state index contributed by atoms with van der Waals surface area (Å²) >= 11 is 0. The fourth-order valence-electron chi connectivity index (χ4n) is 2.73. The van der Waals surface area contributed by atoms with Crippen LogP contribution in [-0.4, -0.2) is 29.0 Å². The molecule has 2 heterocycles. The summed E-state index contributed by atoms with van der Waals surface area (Å²) in [7, 11) is 0. The van der Waals surface area contributed by atoms with Gasteiger partial charge in [-0.15, -0.1) is 0 Å². The van der Waals surface area contributed by atoms with Crippen LogP contribution >= 0.6 is 0 Å². The third-order valence-electron chi connectivity index (χ3n) is 3.58. The van der Waals surface area contributed by atoms with Gasteiger partial charge in [0.1, 0.15) is 0 Å². The molecule has 0 radical (unpaired) electrons. The first kappa shape index (κ1) is 11.6. The third-order valence-corrected chi connectivity index (χ3v) is 3.58. The van der Waals surface area contributed by atoms with E-state index in [2.05, 4.69) is 35.9 Å². The zero-order chi connectivity index (χ0) is 11.5. The molecule has 1 aliphatic heterocycles. The van der Waals surface area contributed by atoms with Gasteiger partial charge in [0.2, 0.25) is 0 Å². The molecule has 1 aromatic heterocycles. The highest BCUT2D eigenvalue weighted by Crippen LogP contribution is 2.37. The van der Waals surface area contributed by atoms with Crippen molar-refractivity contribution in [1.29, 1.82) is 0 Å². The minimum atomic E-state index is 0.480. The van der Waals surface area contributed by atoms with Crippen LogP contribution in [0, 0.1) is 5.92 Å². The van der Waals surface area contributed by atoms with Gasteiger partial charge in [0.25, 0.3) is 0 Å². The Hall–Kier alpha value is -0.930. The van der Waals surface area contributed by atoms with E-state index in [0.29, 0.717) is 18.0 Å². The molecular weight excluding hydrogens is 198 g/mol. The average molecular weight is 219 g/mol. The topological polar surface area (TPSA) is 42.1 Å². The lowest BCUT2D eigenvalue weighted by molar-refractivity contribution is 0.184. The van der Waals surface area contributed by atoms with Crippen LogP contribution in [0.2, 0.25) is 0 Å². The summed E-state index contributed by atoms with van der Waals surface area (Å²) in [4.78, 5) is 6.64. The minimum Gasteiger partial charge on any atom is -0.330 e. The highest BCUT2D eigenvalue weighted by Gasteiger charge is 2.35. The van der Waals surface area contributed by atoms with E-state index in [1.54, 1.807) is 0 Å². The Morgan fingerprint density at radius 2 is 2.12 bits per heavy atom. The SMILES string of the molecule is CC(C)N1CCC(CN)C1c1ccncc1. The molecule has 2 unspecified atom stereocenters. The van der Waals surface area contributed by atoms with Gasteiger partial charge in [-0.3, -0.25) is 9.88 Å². The lowest BCUT2D eigenvalue weighted by Gasteiger charge is -2.31. The molecule has 2 atom stereocenters. The van der Waals surface area contributed by atoms with E-state index in [0.717, 1.165) is 13.1 Å². The lowest BCUT2D eigenvalue weighted by Crippen LogP contribution is -2.33. The van der Waals surface area contributed by atoms with E-state index in [-0.39, 0.29) is 0 Å². The summed E-state index contributed by atoms with van der Waals surface area (Å²) in [6.07, 6.45) is 4.96. The molecule has 2 N–H and O–H groups in total. The number of likely N-dealkylation sites (tertiary alicyclic amines) is 1. The van der Waals surface area contributed by atoms with Crippen LogP contribution in [0.4, 0.5) is 0 Å². The highest BCUT2D eigenvalue weighted by molar-refractivity contribution is 5.18. The second-order valence-electron chi connectivity index (χ2n) is 4.84. The number of rotatable bonds is 3. The van der Waals surface area contributed by atoms with Gasteiger partial charge in [0.15, 0.2) is 0 Å². The monoisotopic (exact) mass is 219 g/mol. The molecule has 88 valence electrons. The molecule has 1 saturated heterocycles. The van der Waals surface area contributed by atoms with Crippen LogP contribution in [0.5, 0.6) is 0 Å². The van der Waals surface area contributed by atoms with E-state index in [1.165, 1.54) is 12.0 Å². The van der Waals surface area contributed by atoms with Crippen molar-refractivity contribution in [2.45, 2.75) is 32.4 Å². The number of aromatic nitrogens is 1. The molecule has 1 aliphatic rings. The average Bonchev–Trinajstić information content (AvgIpc) is 2.73. The zero-order valence-corrected chi connectivity index (χ0v) is 10.1. The molecule has 0 amide bonds. The largest absolute Gasteiger partial charge is 0.330 e. The van der Waals surface area contributed by atoms with Gasteiger partial charge < -0.3 is 5.73 Å². The molecule has 0 spiro atoms. The first-order chi connectivity index (χ1) is 7.74. The number of pyridine rings is 1. The Morgan fingerprint density at radius 3 is 2.69 bits per heavy atom. The molecule has 1 aromatic rings. The third kappa shape index (κ3) is 2.11. The van der Waals surface area contributed by atoms with Gasteiger partial charge in [-0.05, 0) is 57.0 Å². The van der Waals surface area contributed by atoms with E-state index in [9.17, 15) is 0 Å². The van der Waals surface area contributed by atoms with Crippen molar-refractivity contribution in [1.82, 2.24) is 9.88 Å². The fraction of sp³-hybridized carbons (Fsp3) is 0.615. The van der Waals surface area contributed by atoms with E-state index in [1.807, 2.05) is 12.4 Å². The van der Waals surface area contributed by atoms with Crippen LogP contribution in [0.3, 0.4) is 0 Å². The Bertz CT molecular complexity index is 323. The summed E-state index contributed by atoms with van der Waals surface area (Å²) in [6, 6.07) is 5.30. The standard InChI is InChI=1S/C13H21N3/c1-10(2)16-8-5-12(9-14)13(16)11-3-6-15-7-4-11/h3-4,6-7,10,12-13H,5,8-9,14H2,1-2H3. The fourth-order valence-corrected chi connectivity index (χ4v) is 2.73. The van der Waals surface area contributed by atoms with Crippen molar-refractivity contribution >= 4 is 0 Å². The molecule has 1 fully saturated rings. The summed E-state index contributed by atoms with van der Waals surface area (Å²) in [5, 5.41) is 0. The smallest absolute Gasteiger partial charge is 0.0392 e. The molecule has 0 aliphatic carbocycles. The summed E-state index contributed by atoms with van der Waals surface area (Å²) < 4.78 is 0. The molecule has 3 heteroatoms. The molecule has 16 heavy (non-hydrogen) atoms. The van der Waals surface area contributed by atoms with E-state index < -0.39 is 0 Å². The van der Waals surface area contributed by atoms with Crippen molar-refractivity contribution in [3.8, 4) is 0 Å². The Labute approximate surface area is 97.7 Å². The lowest BCUT2D eigenvalue weighted by atomic mass is 9.94. The predicted molar refractivity (Wildman–Crippen MR) is 66.0 cm³/mol. The van der Waals surface area contributed by atoms with Crippen molar-refractivity contribution < 1.29 is 0 Å². The molecular formula is C13H21N3. The van der Waals surface area contributed by atoms with Crippen LogP contribution in [0.25, 0.3) is 0 Å². The first-order valence-electron chi connectivity index (χ1n) is 6.09. The van der Waals surface area contributed by atoms with Crippen molar-refractivity contribution in [2.24, 2.45) is 11.7 Å². The quantitative estimate of drug-likeness (QED) is 0.843. The molecule has 2 rings (SSSR count). The van der Waals surface area contributed by atoms with Gasteiger partial charge in [-0.2, -0.15) is 0 Å². The minimum absolute atomic E-state index is 0.480. The zero-order valence-electron chi connectivity index (χ0n) is 10.1. The second kappa shape index (κ2) is 4.93. The number of hydrogen-bond acceptors (Lipinski definition) is 3. The number of nitrogens with zero attached hydrogens (tertiary/aromatic N) is 2. The first-order valence-corrected chi connectivity index (χ1v) is 6.09. The van der Waals surface area contributed by atoms with Crippen molar-refractivity contribution in [2.75, 3.05) is 13.1 Å². The maximum atomic E-state index is 5.88. The van der Waals surface area contributed by atoms with Crippen LogP contribution in [0.15, 0.2) is 24.5 Å². The van der Waals surface area contributed by atoms with E-state index in [4.69, 9.17) is 5.73 Å². The van der Waals surface area contributed by atoms with Crippen LogP contribution in [-0.2, 0) is 0 Å². The summed E-state index contributed by atoms with van der Waals surface area (Å²) in [5.41, 5.74) is 7.24. The number of hydrogen-bond donors (Lipinski definition) is 1. The molecule has 0 saturated carbocycles. The number of nitrogens with two attached hydrogens (primary N) is 1. The summed E-state index contributed by atoms with van der Waals surface area (Å²) in [5.74, 6) is 0.588. The maximum Gasteiger partial charge on any atom is 0.0392 e. The van der Waals surface area contributed by atoms with Crippen molar-refractivity contribution in [3.63, 3.8) is 0 Å². The van der Waals surface area contributed by atoms with Crippen molar-refractivity contribution in [3.05, 3.63) is 30.1 Å². The van der Waals surface area contributed by atoms with Gasteiger partial charge in [-0.25, -0.2) is 0 Å². The Balaban J connectivity index is 2.26. The maximum absolute atomic E-state index is 5.88. The van der Waals surface area contributed by atoms with Gasteiger partial charge in [-0.1, -0.05) is 0 Å². The van der Waals surface area contributed by atoms with E-state index >= 15 is 0 Å². The molecule has 3 nitrogen and oxygen atoms in total. The Kier molecular flexibility index (Phi) is 3.56. The van der Waals surface area contributed by atoms with Gasteiger partial charge >= 0.3 is 0 Å². The highest BCUT2D eigenvalue weighted by atomic mass is 15.2.